The summed E-state index contributed by atoms with van der Waals surface area (Å²) in [6, 6.07) is 8.36. The lowest BCUT2D eigenvalue weighted by Crippen LogP contribution is -2.36. The van der Waals surface area contributed by atoms with Gasteiger partial charge in [-0.05, 0) is 24.0 Å². The van der Waals surface area contributed by atoms with Crippen molar-refractivity contribution in [2.75, 3.05) is 19.1 Å². The minimum atomic E-state index is -3.51. The molecule has 1 N–H and O–H groups in total. The fourth-order valence-electron chi connectivity index (χ4n) is 2.76. The number of thioether (sulfide) groups is 1. The van der Waals surface area contributed by atoms with Gasteiger partial charge in [0.2, 0.25) is 15.0 Å². The molecule has 0 saturated carbocycles. The van der Waals surface area contributed by atoms with Crippen LogP contribution >= 0.6 is 11.8 Å². The van der Waals surface area contributed by atoms with Crippen molar-refractivity contribution < 1.29 is 8.42 Å². The second-order valence-corrected chi connectivity index (χ2v) is 8.69. The summed E-state index contributed by atoms with van der Waals surface area (Å²) in [7, 11) is -3.51. The van der Waals surface area contributed by atoms with E-state index < -0.39 is 9.84 Å². The number of sulfone groups is 1. The van der Waals surface area contributed by atoms with Crippen molar-refractivity contribution in [1.29, 1.82) is 0 Å². The summed E-state index contributed by atoms with van der Waals surface area (Å²) in [5.41, 5.74) is 1.98. The zero-order valence-corrected chi connectivity index (χ0v) is 15.2. The molecule has 0 atom stereocenters. The monoisotopic (exact) mass is 365 g/mol. The van der Waals surface area contributed by atoms with Gasteiger partial charge in [0, 0.05) is 37.2 Å². The van der Waals surface area contributed by atoms with Crippen LogP contribution in [0.25, 0.3) is 0 Å². The van der Waals surface area contributed by atoms with Crippen LogP contribution in [0.1, 0.15) is 16.8 Å². The number of hydrogen-bond donors (Lipinski definition) is 1. The molecule has 0 unspecified atom stereocenters. The summed E-state index contributed by atoms with van der Waals surface area (Å²) in [6.07, 6.45) is 3.66. The molecule has 1 aliphatic rings. The van der Waals surface area contributed by atoms with E-state index in [1.807, 2.05) is 6.26 Å². The van der Waals surface area contributed by atoms with Gasteiger partial charge in [-0.2, -0.15) is 0 Å². The van der Waals surface area contributed by atoms with Crippen LogP contribution in [-0.4, -0.2) is 42.3 Å². The maximum absolute atomic E-state index is 12.2. The molecular weight excluding hydrogens is 346 g/mol. The molecule has 8 heteroatoms. The molecule has 3 rings (SSSR count). The summed E-state index contributed by atoms with van der Waals surface area (Å²) < 4.78 is 23.2. The normalized spacial score (nSPS) is 15.2. The topological polar surface area (TPSA) is 83.1 Å². The fraction of sp³-hybridized carbons (Fsp3) is 0.375. The third-order valence-corrected chi connectivity index (χ3v) is 5.68. The lowest BCUT2D eigenvalue weighted by molar-refractivity contribution is 0.241. The molecule has 2 heterocycles. The molecule has 6 nitrogen and oxygen atoms in total. The van der Waals surface area contributed by atoms with Crippen LogP contribution in [0, 0.1) is 0 Å². The first-order valence-electron chi connectivity index (χ1n) is 7.54. The van der Waals surface area contributed by atoms with Crippen LogP contribution in [0.2, 0.25) is 0 Å². The Balaban J connectivity index is 1.80. The van der Waals surface area contributed by atoms with Gasteiger partial charge >= 0.3 is 0 Å². The molecule has 0 bridgehead atoms. The van der Waals surface area contributed by atoms with Gasteiger partial charge in [0.1, 0.15) is 0 Å². The number of aromatic nitrogens is 2. The van der Waals surface area contributed by atoms with Crippen molar-refractivity contribution >= 4 is 21.6 Å². The van der Waals surface area contributed by atoms with E-state index in [1.165, 1.54) is 10.5 Å². The Morgan fingerprint density at radius 1 is 1.29 bits per heavy atom. The number of H-pyrrole nitrogens is 1. The lowest BCUT2D eigenvalue weighted by atomic mass is 10.1. The van der Waals surface area contributed by atoms with E-state index in [2.05, 4.69) is 39.1 Å². The third kappa shape index (κ3) is 3.71. The maximum Gasteiger partial charge on any atom is 0.256 e. The van der Waals surface area contributed by atoms with Gasteiger partial charge in [0.25, 0.3) is 5.56 Å². The van der Waals surface area contributed by atoms with E-state index in [0.29, 0.717) is 24.2 Å². The number of nitrogens with one attached hydrogen (secondary N) is 1. The van der Waals surface area contributed by atoms with E-state index in [1.54, 1.807) is 11.8 Å². The van der Waals surface area contributed by atoms with Crippen LogP contribution in [-0.2, 0) is 29.3 Å². The molecule has 1 aromatic heterocycles. The zero-order chi connectivity index (χ0) is 17.3. The first kappa shape index (κ1) is 17.2. The summed E-state index contributed by atoms with van der Waals surface area (Å²) in [6.45, 7) is 1.98. The number of hydrogen-bond acceptors (Lipinski definition) is 6. The van der Waals surface area contributed by atoms with Gasteiger partial charge in [-0.3, -0.25) is 14.7 Å². The quantitative estimate of drug-likeness (QED) is 0.652. The molecule has 0 fully saturated rings. The maximum atomic E-state index is 12.2. The Morgan fingerprint density at radius 3 is 2.62 bits per heavy atom. The number of aromatic amines is 1. The number of benzene rings is 1. The molecule has 0 amide bonds. The highest BCUT2D eigenvalue weighted by molar-refractivity contribution is 7.98. The van der Waals surface area contributed by atoms with Crippen molar-refractivity contribution in [2.45, 2.75) is 29.6 Å². The minimum Gasteiger partial charge on any atom is -0.297 e. The number of nitrogens with zero attached hydrogens (tertiary/aromatic N) is 2. The standard InChI is InChI=1S/C16H19N3O3S2/c1-23-12-5-3-11(4-6-12)9-19-8-7-14-13(10-19)15(20)18-16(17-14)24(2,21)22/h3-6H,7-10H2,1-2H3,(H,17,18,20). The highest BCUT2D eigenvalue weighted by Gasteiger charge is 2.23. The largest absolute Gasteiger partial charge is 0.297 e. The molecule has 0 aliphatic carbocycles. The molecule has 128 valence electrons. The lowest BCUT2D eigenvalue weighted by Gasteiger charge is -2.27. The molecular formula is C16H19N3O3S2. The molecule has 0 saturated heterocycles. The summed E-state index contributed by atoms with van der Waals surface area (Å²) in [5.74, 6) is 0. The predicted molar refractivity (Wildman–Crippen MR) is 94.0 cm³/mol. The van der Waals surface area contributed by atoms with E-state index in [9.17, 15) is 13.2 Å². The number of fused-ring (bicyclic) bond motifs is 1. The second-order valence-electron chi connectivity index (χ2n) is 5.88. The third-order valence-electron chi connectivity index (χ3n) is 4.04. The zero-order valence-electron chi connectivity index (χ0n) is 13.6. The molecule has 1 aliphatic heterocycles. The average molecular weight is 365 g/mol. The van der Waals surface area contributed by atoms with Crippen molar-refractivity contribution in [2.24, 2.45) is 0 Å². The van der Waals surface area contributed by atoms with Crippen molar-refractivity contribution in [3.63, 3.8) is 0 Å². The van der Waals surface area contributed by atoms with Crippen molar-refractivity contribution in [3.05, 3.63) is 51.4 Å². The Labute approximate surface area is 145 Å². The summed E-state index contributed by atoms with van der Waals surface area (Å²) in [5, 5.41) is -0.243. The Bertz CT molecular complexity index is 905. The predicted octanol–water partition coefficient (Wildman–Crippen LogP) is 1.45. The van der Waals surface area contributed by atoms with Gasteiger partial charge in [0.15, 0.2) is 0 Å². The van der Waals surface area contributed by atoms with Gasteiger partial charge in [-0.15, -0.1) is 11.8 Å². The molecule has 0 spiro atoms. The van der Waals surface area contributed by atoms with E-state index in [-0.39, 0.29) is 10.7 Å². The van der Waals surface area contributed by atoms with Crippen molar-refractivity contribution in [3.8, 4) is 0 Å². The molecule has 24 heavy (non-hydrogen) atoms. The van der Waals surface area contributed by atoms with Gasteiger partial charge in [0.05, 0.1) is 11.3 Å². The SMILES string of the molecule is CSc1ccc(CN2CCc3nc(S(C)(=O)=O)[nH]c(=O)c3C2)cc1. The van der Waals surface area contributed by atoms with Gasteiger partial charge in [-0.1, -0.05) is 12.1 Å². The molecule has 1 aromatic carbocycles. The molecule has 0 radical (unpaired) electrons. The smallest absolute Gasteiger partial charge is 0.256 e. The summed E-state index contributed by atoms with van der Waals surface area (Å²) in [4.78, 5) is 22.1. The molecule has 2 aromatic rings. The van der Waals surface area contributed by atoms with Gasteiger partial charge in [-0.25, -0.2) is 13.4 Å². The van der Waals surface area contributed by atoms with Gasteiger partial charge < -0.3 is 0 Å². The minimum absolute atomic E-state index is 0.243. The van der Waals surface area contributed by atoms with Crippen LogP contribution < -0.4 is 5.56 Å². The average Bonchev–Trinajstić information content (AvgIpc) is 2.55. The van der Waals surface area contributed by atoms with E-state index >= 15 is 0 Å². The fourth-order valence-corrected chi connectivity index (χ4v) is 3.72. The van der Waals surface area contributed by atoms with Crippen LogP contribution in [0.4, 0.5) is 0 Å². The first-order chi connectivity index (χ1) is 11.4. The van der Waals surface area contributed by atoms with E-state index in [4.69, 9.17) is 0 Å². The first-order valence-corrected chi connectivity index (χ1v) is 10.7. The number of rotatable bonds is 4. The Hall–Kier alpha value is -1.64. The Kier molecular flexibility index (Phi) is 4.80. The highest BCUT2D eigenvalue weighted by atomic mass is 32.2. The highest BCUT2D eigenvalue weighted by Crippen LogP contribution is 2.19. The van der Waals surface area contributed by atoms with Crippen LogP contribution in [0.3, 0.4) is 0 Å². The van der Waals surface area contributed by atoms with Crippen LogP contribution in [0.5, 0.6) is 0 Å². The summed E-state index contributed by atoms with van der Waals surface area (Å²) >= 11 is 1.70. The Morgan fingerprint density at radius 2 is 2.00 bits per heavy atom. The van der Waals surface area contributed by atoms with E-state index in [0.717, 1.165) is 19.3 Å². The van der Waals surface area contributed by atoms with Crippen LogP contribution in [0.15, 0.2) is 39.1 Å². The second kappa shape index (κ2) is 6.70. The van der Waals surface area contributed by atoms with Crippen molar-refractivity contribution in [1.82, 2.24) is 14.9 Å².